The smallest absolute Gasteiger partial charge is 0.251 e. The summed E-state index contributed by atoms with van der Waals surface area (Å²) in [5.41, 5.74) is 1.78. The van der Waals surface area contributed by atoms with Gasteiger partial charge in [0.25, 0.3) is 5.91 Å². The number of amides is 2. The fourth-order valence-electron chi connectivity index (χ4n) is 2.20. The Morgan fingerprint density at radius 2 is 1.75 bits per heavy atom. The van der Waals surface area contributed by atoms with Crippen LogP contribution in [0.2, 0.25) is 0 Å². The SMILES string of the molecule is CC(C)(COCc1ccccc1)NC(=O)c1ccc(NC=O)cc1. The quantitative estimate of drug-likeness (QED) is 0.733. The highest BCUT2D eigenvalue weighted by Gasteiger charge is 2.21. The third-order valence-electron chi connectivity index (χ3n) is 3.40. The molecule has 0 unspecified atom stereocenters. The summed E-state index contributed by atoms with van der Waals surface area (Å²) >= 11 is 0. The first-order chi connectivity index (χ1) is 11.5. The molecule has 2 amide bonds. The maximum absolute atomic E-state index is 12.3. The minimum atomic E-state index is -0.494. The number of carbonyl (C=O) groups is 2. The molecule has 0 aliphatic heterocycles. The van der Waals surface area contributed by atoms with E-state index in [0.717, 1.165) is 5.56 Å². The first-order valence-corrected chi connectivity index (χ1v) is 7.75. The summed E-state index contributed by atoms with van der Waals surface area (Å²) in [6.07, 6.45) is 0.599. The summed E-state index contributed by atoms with van der Waals surface area (Å²) in [5.74, 6) is -0.180. The highest BCUT2D eigenvalue weighted by molar-refractivity contribution is 5.95. The molecule has 5 nitrogen and oxygen atoms in total. The van der Waals surface area contributed by atoms with Gasteiger partial charge in [-0.15, -0.1) is 0 Å². The predicted octanol–water partition coefficient (Wildman–Crippen LogP) is 2.98. The number of carbonyl (C=O) groups excluding carboxylic acids is 2. The fourth-order valence-corrected chi connectivity index (χ4v) is 2.20. The minimum absolute atomic E-state index is 0.180. The molecule has 2 rings (SSSR count). The van der Waals surface area contributed by atoms with E-state index in [1.807, 2.05) is 44.2 Å². The molecule has 0 heterocycles. The third-order valence-corrected chi connectivity index (χ3v) is 3.40. The van der Waals surface area contributed by atoms with Crippen LogP contribution < -0.4 is 10.6 Å². The van der Waals surface area contributed by atoms with E-state index in [-0.39, 0.29) is 5.91 Å². The topological polar surface area (TPSA) is 67.4 Å². The lowest BCUT2D eigenvalue weighted by molar-refractivity contribution is -0.105. The van der Waals surface area contributed by atoms with Crippen molar-refractivity contribution in [1.82, 2.24) is 5.32 Å². The average molecular weight is 326 g/mol. The molecule has 0 aromatic heterocycles. The first-order valence-electron chi connectivity index (χ1n) is 7.75. The van der Waals surface area contributed by atoms with Gasteiger partial charge in [-0.05, 0) is 43.7 Å². The van der Waals surface area contributed by atoms with Crippen molar-refractivity contribution in [1.29, 1.82) is 0 Å². The second-order valence-corrected chi connectivity index (χ2v) is 6.16. The van der Waals surface area contributed by atoms with Gasteiger partial charge < -0.3 is 15.4 Å². The van der Waals surface area contributed by atoms with Crippen molar-refractivity contribution in [3.63, 3.8) is 0 Å². The van der Waals surface area contributed by atoms with Gasteiger partial charge in [0.05, 0.1) is 18.8 Å². The van der Waals surface area contributed by atoms with Crippen LogP contribution >= 0.6 is 0 Å². The van der Waals surface area contributed by atoms with Crippen LogP contribution in [0.4, 0.5) is 5.69 Å². The van der Waals surface area contributed by atoms with Gasteiger partial charge in [0.2, 0.25) is 6.41 Å². The van der Waals surface area contributed by atoms with E-state index >= 15 is 0 Å². The highest BCUT2D eigenvalue weighted by Crippen LogP contribution is 2.11. The predicted molar refractivity (Wildman–Crippen MR) is 93.8 cm³/mol. The Morgan fingerprint density at radius 3 is 2.38 bits per heavy atom. The lowest BCUT2D eigenvalue weighted by Gasteiger charge is -2.26. The van der Waals surface area contributed by atoms with E-state index in [1.54, 1.807) is 24.3 Å². The van der Waals surface area contributed by atoms with Crippen LogP contribution in [-0.4, -0.2) is 24.5 Å². The molecule has 0 saturated heterocycles. The summed E-state index contributed by atoms with van der Waals surface area (Å²) in [4.78, 5) is 22.7. The summed E-state index contributed by atoms with van der Waals surface area (Å²) in [6, 6.07) is 16.6. The standard InChI is InChI=1S/C19H22N2O3/c1-19(2,13-24-12-15-6-4-3-5-7-15)21-18(23)16-8-10-17(11-9-16)20-14-22/h3-11,14H,12-13H2,1-2H3,(H,20,22)(H,21,23). The van der Waals surface area contributed by atoms with Crippen LogP contribution in [0.3, 0.4) is 0 Å². The number of benzene rings is 2. The number of nitrogens with one attached hydrogen (secondary N) is 2. The van der Waals surface area contributed by atoms with Gasteiger partial charge >= 0.3 is 0 Å². The van der Waals surface area contributed by atoms with Gasteiger partial charge in [0.15, 0.2) is 0 Å². The van der Waals surface area contributed by atoms with Gasteiger partial charge in [0, 0.05) is 11.3 Å². The summed E-state index contributed by atoms with van der Waals surface area (Å²) < 4.78 is 5.71. The molecule has 0 atom stereocenters. The number of hydrogen-bond acceptors (Lipinski definition) is 3. The Labute approximate surface area is 142 Å². The van der Waals surface area contributed by atoms with Crippen LogP contribution in [0.25, 0.3) is 0 Å². The molecule has 0 spiro atoms. The maximum atomic E-state index is 12.3. The van der Waals surface area contributed by atoms with Crippen LogP contribution in [0.1, 0.15) is 29.8 Å². The van der Waals surface area contributed by atoms with Crippen molar-refractivity contribution >= 4 is 18.0 Å². The number of rotatable bonds is 8. The monoisotopic (exact) mass is 326 g/mol. The molecule has 0 bridgehead atoms. The molecule has 0 fully saturated rings. The van der Waals surface area contributed by atoms with Gasteiger partial charge in [-0.25, -0.2) is 0 Å². The number of anilines is 1. The van der Waals surface area contributed by atoms with E-state index in [0.29, 0.717) is 30.9 Å². The van der Waals surface area contributed by atoms with E-state index in [2.05, 4.69) is 10.6 Å². The Bertz CT molecular complexity index is 667. The Hall–Kier alpha value is -2.66. The van der Waals surface area contributed by atoms with Crippen LogP contribution in [0.15, 0.2) is 54.6 Å². The van der Waals surface area contributed by atoms with Crippen LogP contribution in [0.5, 0.6) is 0 Å². The second-order valence-electron chi connectivity index (χ2n) is 6.16. The van der Waals surface area contributed by atoms with Crippen molar-refractivity contribution in [2.45, 2.75) is 26.0 Å². The zero-order chi connectivity index (χ0) is 17.4. The van der Waals surface area contributed by atoms with E-state index in [9.17, 15) is 9.59 Å². The maximum Gasteiger partial charge on any atom is 0.251 e. The van der Waals surface area contributed by atoms with Crippen molar-refractivity contribution < 1.29 is 14.3 Å². The first kappa shape index (κ1) is 17.7. The van der Waals surface area contributed by atoms with Crippen molar-refractivity contribution in [3.05, 3.63) is 65.7 Å². The highest BCUT2D eigenvalue weighted by atomic mass is 16.5. The number of ether oxygens (including phenoxy) is 1. The molecule has 0 aliphatic rings. The van der Waals surface area contributed by atoms with Gasteiger partial charge in [0.1, 0.15) is 0 Å². The van der Waals surface area contributed by atoms with Crippen molar-refractivity contribution in [2.24, 2.45) is 0 Å². The molecule has 2 aromatic rings. The largest absolute Gasteiger partial charge is 0.374 e. The Kier molecular flexibility index (Phi) is 6.09. The molecule has 2 N–H and O–H groups in total. The molecule has 5 heteroatoms. The normalized spacial score (nSPS) is 10.9. The average Bonchev–Trinajstić information content (AvgIpc) is 2.56. The molecule has 24 heavy (non-hydrogen) atoms. The third kappa shape index (κ3) is 5.52. The van der Waals surface area contributed by atoms with Crippen molar-refractivity contribution in [3.8, 4) is 0 Å². The Morgan fingerprint density at radius 1 is 1.08 bits per heavy atom. The molecule has 2 aromatic carbocycles. The zero-order valence-electron chi connectivity index (χ0n) is 13.9. The second kappa shape index (κ2) is 8.26. The molecule has 0 aliphatic carbocycles. The van der Waals surface area contributed by atoms with Crippen LogP contribution in [-0.2, 0) is 16.1 Å². The fraction of sp³-hybridized carbons (Fsp3) is 0.263. The lowest BCUT2D eigenvalue weighted by atomic mass is 10.1. The van der Waals surface area contributed by atoms with E-state index in [1.165, 1.54) is 0 Å². The summed E-state index contributed by atoms with van der Waals surface area (Å²) in [5, 5.41) is 5.49. The van der Waals surface area contributed by atoms with Crippen molar-refractivity contribution in [2.75, 3.05) is 11.9 Å². The van der Waals surface area contributed by atoms with Gasteiger partial charge in [-0.3, -0.25) is 9.59 Å². The summed E-state index contributed by atoms with van der Waals surface area (Å²) in [6.45, 7) is 4.74. The van der Waals surface area contributed by atoms with E-state index in [4.69, 9.17) is 4.74 Å². The van der Waals surface area contributed by atoms with Crippen LogP contribution in [0, 0.1) is 0 Å². The van der Waals surface area contributed by atoms with E-state index < -0.39 is 5.54 Å². The molecule has 0 radical (unpaired) electrons. The Balaban J connectivity index is 1.85. The summed E-state index contributed by atoms with van der Waals surface area (Å²) in [7, 11) is 0. The molecular weight excluding hydrogens is 304 g/mol. The molecular formula is C19H22N2O3. The lowest BCUT2D eigenvalue weighted by Crippen LogP contribution is -2.47. The number of hydrogen-bond donors (Lipinski definition) is 2. The molecule has 0 saturated carbocycles. The zero-order valence-corrected chi connectivity index (χ0v) is 13.9. The van der Waals surface area contributed by atoms with Gasteiger partial charge in [-0.2, -0.15) is 0 Å². The molecule has 126 valence electrons. The minimum Gasteiger partial charge on any atom is -0.374 e. The van der Waals surface area contributed by atoms with Gasteiger partial charge in [-0.1, -0.05) is 30.3 Å².